The first-order valence-electron chi connectivity index (χ1n) is 12.9. The Kier molecular flexibility index (Phi) is 9.32. The van der Waals surface area contributed by atoms with Gasteiger partial charge in [-0.3, -0.25) is 0 Å². The Morgan fingerprint density at radius 3 is 1.98 bits per heavy atom. The zero-order chi connectivity index (χ0) is 32.3. The summed E-state index contributed by atoms with van der Waals surface area (Å²) in [5, 5.41) is 78.9. The molecule has 3 aromatic carbocycles. The molecule has 0 radical (unpaired) electrons. The lowest BCUT2D eigenvalue weighted by atomic mass is 9.99. The Bertz CT molecular complexity index is 1540. The van der Waals surface area contributed by atoms with E-state index < -0.39 is 96.5 Å². The fraction of sp³-hybridized carbons (Fsp3) is 0.276. The second-order valence-electron chi connectivity index (χ2n) is 9.80. The van der Waals surface area contributed by atoms with E-state index in [1.807, 2.05) is 0 Å². The van der Waals surface area contributed by atoms with Crippen molar-refractivity contribution < 1.29 is 74.2 Å². The molecule has 4 atom stereocenters. The summed E-state index contributed by atoms with van der Waals surface area (Å²) in [4.78, 5) is 38.4. The maximum absolute atomic E-state index is 13.0. The molecule has 0 spiro atoms. The van der Waals surface area contributed by atoms with Crippen LogP contribution in [0.4, 0.5) is 0 Å². The molecule has 1 fully saturated rings. The minimum absolute atomic E-state index is 0.00203. The van der Waals surface area contributed by atoms with Crippen molar-refractivity contribution in [2.24, 2.45) is 0 Å². The van der Waals surface area contributed by atoms with Crippen LogP contribution in [0, 0.1) is 6.92 Å². The minimum Gasteiger partial charge on any atom is -0.508 e. The van der Waals surface area contributed by atoms with Gasteiger partial charge < -0.3 is 59.8 Å². The van der Waals surface area contributed by atoms with Crippen LogP contribution in [-0.2, 0) is 25.6 Å². The maximum Gasteiger partial charge on any atom is 0.338 e. The molecule has 4 rings (SSSR count). The first-order valence-corrected chi connectivity index (χ1v) is 12.9. The Morgan fingerprint density at radius 2 is 1.36 bits per heavy atom. The molecule has 0 amide bonds. The van der Waals surface area contributed by atoms with E-state index in [1.165, 1.54) is 19.1 Å². The number of ether oxygens (including phenoxy) is 4. The topological polar surface area (TPSA) is 250 Å². The quantitative estimate of drug-likeness (QED) is 0.100. The average molecular weight is 617 g/mol. The fourth-order valence-corrected chi connectivity index (χ4v) is 4.32. The second-order valence-corrected chi connectivity index (χ2v) is 9.80. The predicted molar refractivity (Wildman–Crippen MR) is 144 cm³/mol. The molecule has 3 aromatic rings. The number of aliphatic hydroxyl groups is 2. The maximum atomic E-state index is 13.0. The number of aromatic hydroxyl groups is 6. The molecule has 15 heteroatoms. The van der Waals surface area contributed by atoms with Crippen LogP contribution in [0.1, 0.15) is 42.2 Å². The zero-order valence-corrected chi connectivity index (χ0v) is 22.9. The Labute approximate surface area is 248 Å². The molecule has 4 unspecified atom stereocenters. The van der Waals surface area contributed by atoms with Crippen molar-refractivity contribution in [2.75, 3.05) is 13.2 Å². The Balaban J connectivity index is 1.55. The molecule has 0 aliphatic carbocycles. The molecule has 0 aromatic heterocycles. The number of carbonyl (C=O) groups excluding carboxylic acids is 3. The van der Waals surface area contributed by atoms with Gasteiger partial charge in [0.15, 0.2) is 41.0 Å². The van der Waals surface area contributed by atoms with Gasteiger partial charge in [-0.05, 0) is 55.0 Å². The van der Waals surface area contributed by atoms with Crippen LogP contribution < -0.4 is 0 Å². The third kappa shape index (κ3) is 6.70. The van der Waals surface area contributed by atoms with Crippen LogP contribution >= 0.6 is 0 Å². The van der Waals surface area contributed by atoms with Crippen molar-refractivity contribution >= 4 is 17.9 Å². The van der Waals surface area contributed by atoms with Crippen LogP contribution in [0.5, 0.6) is 34.5 Å². The summed E-state index contributed by atoms with van der Waals surface area (Å²) in [5.41, 5.74) is -0.481. The van der Waals surface area contributed by atoms with E-state index in [0.717, 1.165) is 30.3 Å². The lowest BCUT2D eigenvalue weighted by Gasteiger charge is -2.38. The molecule has 0 bridgehead atoms. The van der Waals surface area contributed by atoms with Crippen LogP contribution in [-0.4, -0.2) is 96.4 Å². The molecular formula is C29H28O15. The van der Waals surface area contributed by atoms with Gasteiger partial charge in [0.25, 0.3) is 0 Å². The predicted octanol–water partition coefficient (Wildman–Crippen LogP) is 1.09. The summed E-state index contributed by atoms with van der Waals surface area (Å²) in [6.07, 6.45) is -6.23. The van der Waals surface area contributed by atoms with Gasteiger partial charge in [-0.2, -0.15) is 0 Å². The number of aliphatic hydroxyl groups excluding tert-OH is 2. The number of hydrogen-bond acceptors (Lipinski definition) is 15. The van der Waals surface area contributed by atoms with Gasteiger partial charge in [0.2, 0.25) is 0 Å². The summed E-state index contributed by atoms with van der Waals surface area (Å²) in [7, 11) is 0. The third-order valence-corrected chi connectivity index (χ3v) is 6.75. The van der Waals surface area contributed by atoms with Gasteiger partial charge >= 0.3 is 17.9 Å². The van der Waals surface area contributed by atoms with E-state index in [0.29, 0.717) is 0 Å². The Hall–Kier alpha value is -5.25. The summed E-state index contributed by atoms with van der Waals surface area (Å²) in [6.45, 7) is -0.261. The highest BCUT2D eigenvalue weighted by Gasteiger charge is 2.45. The highest BCUT2D eigenvalue weighted by Crippen LogP contribution is 2.36. The standard InChI is InChI=1S/C29H28O15/c1-12-4-14(6-18(32)23(12)35)27(38)42-10-21-25(37)26(44-28(39)13-2-3-17(31)16(5-13)9-30)22(11-41-21)43-29(40)15-7-19(33)24(36)20(34)8-15/h2-8,21-22,25-26,30-37H,9-11H2,1H3. The van der Waals surface area contributed by atoms with Crippen molar-refractivity contribution in [3.8, 4) is 34.5 Å². The average Bonchev–Trinajstić information content (AvgIpc) is 2.99. The van der Waals surface area contributed by atoms with E-state index in [9.17, 15) is 55.2 Å². The van der Waals surface area contributed by atoms with E-state index in [-0.39, 0.29) is 28.0 Å². The van der Waals surface area contributed by atoms with Gasteiger partial charge in [-0.25, -0.2) is 14.4 Å². The smallest absolute Gasteiger partial charge is 0.338 e. The lowest BCUT2D eigenvalue weighted by Crippen LogP contribution is -2.57. The van der Waals surface area contributed by atoms with Gasteiger partial charge in [0.05, 0.1) is 29.9 Å². The number of phenolic OH excluding ortho intramolecular Hbond substituents is 5. The summed E-state index contributed by atoms with van der Waals surface area (Å²) in [6, 6.07) is 7.29. The molecule has 0 saturated carbocycles. The van der Waals surface area contributed by atoms with Crippen molar-refractivity contribution in [2.45, 2.75) is 37.9 Å². The van der Waals surface area contributed by atoms with Gasteiger partial charge in [0.1, 0.15) is 24.6 Å². The third-order valence-electron chi connectivity index (χ3n) is 6.75. The number of phenols is 6. The normalized spacial score (nSPS) is 19.6. The van der Waals surface area contributed by atoms with E-state index in [1.54, 1.807) is 0 Å². The fourth-order valence-electron chi connectivity index (χ4n) is 4.32. The van der Waals surface area contributed by atoms with Crippen LogP contribution in [0.3, 0.4) is 0 Å². The van der Waals surface area contributed by atoms with Crippen LogP contribution in [0.25, 0.3) is 0 Å². The molecule has 1 aliphatic rings. The summed E-state index contributed by atoms with van der Waals surface area (Å²) < 4.78 is 21.5. The highest BCUT2D eigenvalue weighted by molar-refractivity contribution is 5.92. The van der Waals surface area contributed by atoms with E-state index in [4.69, 9.17) is 18.9 Å². The molecule has 44 heavy (non-hydrogen) atoms. The van der Waals surface area contributed by atoms with Crippen molar-refractivity contribution in [3.05, 3.63) is 70.3 Å². The summed E-state index contributed by atoms with van der Waals surface area (Å²) >= 11 is 0. The van der Waals surface area contributed by atoms with Crippen molar-refractivity contribution in [3.63, 3.8) is 0 Å². The molecule has 1 aliphatic heterocycles. The lowest BCUT2D eigenvalue weighted by molar-refractivity contribution is -0.196. The number of esters is 3. The summed E-state index contributed by atoms with van der Waals surface area (Å²) in [5.74, 6) is -6.98. The first-order chi connectivity index (χ1) is 20.8. The van der Waals surface area contributed by atoms with Gasteiger partial charge in [-0.15, -0.1) is 0 Å². The minimum atomic E-state index is -1.77. The molecule has 8 N–H and O–H groups in total. The van der Waals surface area contributed by atoms with Gasteiger partial charge in [0, 0.05) is 5.56 Å². The molecule has 234 valence electrons. The molecule has 15 nitrogen and oxygen atoms in total. The first kappa shape index (κ1) is 31.7. The highest BCUT2D eigenvalue weighted by atomic mass is 16.6. The number of benzene rings is 3. The van der Waals surface area contributed by atoms with E-state index >= 15 is 0 Å². The van der Waals surface area contributed by atoms with Crippen LogP contribution in [0.15, 0.2) is 42.5 Å². The molecular weight excluding hydrogens is 588 g/mol. The van der Waals surface area contributed by atoms with Gasteiger partial charge in [-0.1, -0.05) is 0 Å². The monoisotopic (exact) mass is 616 g/mol. The Morgan fingerprint density at radius 1 is 0.773 bits per heavy atom. The van der Waals surface area contributed by atoms with E-state index in [2.05, 4.69) is 0 Å². The number of carbonyl (C=O) groups is 3. The molecule has 1 saturated heterocycles. The largest absolute Gasteiger partial charge is 0.508 e. The zero-order valence-electron chi connectivity index (χ0n) is 22.9. The number of rotatable bonds is 8. The van der Waals surface area contributed by atoms with Crippen LogP contribution in [0.2, 0.25) is 0 Å². The molecule has 1 heterocycles. The SMILES string of the molecule is Cc1cc(C(=O)OCC2OCC(OC(=O)c3cc(O)c(O)c(O)c3)C(OC(=O)c3ccc(O)c(CO)c3)C2O)cc(O)c1O. The van der Waals surface area contributed by atoms with Crippen molar-refractivity contribution in [1.29, 1.82) is 0 Å². The van der Waals surface area contributed by atoms with Crippen molar-refractivity contribution in [1.82, 2.24) is 0 Å². The number of hydrogen-bond donors (Lipinski definition) is 8. The number of aryl methyl sites for hydroxylation is 1. The second kappa shape index (κ2) is 12.9.